The number of ether oxygens (including phenoxy) is 2. The summed E-state index contributed by atoms with van der Waals surface area (Å²) in [7, 11) is 0. The van der Waals surface area contributed by atoms with E-state index in [-0.39, 0.29) is 6.42 Å². The lowest BCUT2D eigenvalue weighted by molar-refractivity contribution is -0.303. The highest BCUT2D eigenvalue weighted by molar-refractivity contribution is 5.80. The first-order valence-corrected chi connectivity index (χ1v) is 42.1. The minimum absolute atomic E-state index is 0.265. The van der Waals surface area contributed by atoms with Crippen molar-refractivity contribution in [3.8, 4) is 0 Å². The molecule has 8 N–H and O–H groups in total. The number of aliphatic hydroxyl groups is 7. The van der Waals surface area contributed by atoms with Gasteiger partial charge in [-0.3, -0.25) is 4.79 Å². The molecule has 0 saturated carbocycles. The van der Waals surface area contributed by atoms with Crippen LogP contribution in [-0.4, -0.2) is 110 Å². The summed E-state index contributed by atoms with van der Waals surface area (Å²) >= 11 is 0. The number of hydrogen-bond acceptors (Lipinski definition) is 10. The van der Waals surface area contributed by atoms with E-state index in [1.165, 1.54) is 366 Å². The van der Waals surface area contributed by atoms with Crippen molar-refractivity contribution in [2.24, 2.45) is 0 Å². The molecular formula is C83H163NO10. The van der Waals surface area contributed by atoms with Gasteiger partial charge >= 0.3 is 0 Å². The van der Waals surface area contributed by atoms with Gasteiger partial charge in [0.2, 0.25) is 5.91 Å². The fourth-order valence-corrected chi connectivity index (χ4v) is 14.2. The summed E-state index contributed by atoms with van der Waals surface area (Å²) in [4.78, 5) is 13.3. The zero-order valence-corrected chi connectivity index (χ0v) is 62.5. The average Bonchev–Trinajstić information content (AvgIpc) is 0.901. The van der Waals surface area contributed by atoms with E-state index >= 15 is 0 Å². The fraction of sp³-hybridized carbons (Fsp3) is 0.964. The zero-order valence-electron chi connectivity index (χ0n) is 62.5. The highest BCUT2D eigenvalue weighted by atomic mass is 16.7. The van der Waals surface area contributed by atoms with Crippen molar-refractivity contribution in [3.05, 3.63) is 12.2 Å². The van der Waals surface area contributed by atoms with Gasteiger partial charge in [0.1, 0.15) is 36.6 Å². The molecule has 9 atom stereocenters. The van der Waals surface area contributed by atoms with E-state index in [9.17, 15) is 40.5 Å². The monoisotopic (exact) mass is 1330 g/mol. The average molecular weight is 1340 g/mol. The molecule has 1 heterocycles. The molecule has 11 heteroatoms. The van der Waals surface area contributed by atoms with Crippen molar-refractivity contribution >= 4 is 5.91 Å². The number of unbranched alkanes of at least 4 members (excludes halogenated alkanes) is 62. The van der Waals surface area contributed by atoms with E-state index in [2.05, 4.69) is 31.3 Å². The van der Waals surface area contributed by atoms with E-state index < -0.39 is 74.2 Å². The van der Waals surface area contributed by atoms with Gasteiger partial charge in [0.05, 0.1) is 25.4 Å². The second-order valence-electron chi connectivity index (χ2n) is 29.9. The molecular weight excluding hydrogens is 1170 g/mol. The molecule has 1 rings (SSSR count). The summed E-state index contributed by atoms with van der Waals surface area (Å²) in [6.07, 6.45) is 80.6. The Balaban J connectivity index is 2.10. The van der Waals surface area contributed by atoms with Gasteiger partial charge in [-0.1, -0.05) is 418 Å². The van der Waals surface area contributed by atoms with Crippen molar-refractivity contribution < 1.29 is 50.0 Å². The van der Waals surface area contributed by atoms with Crippen LogP contribution in [0.5, 0.6) is 0 Å². The Morgan fingerprint density at radius 2 is 0.617 bits per heavy atom. The molecule has 0 aromatic rings. The maximum absolute atomic E-state index is 13.3. The van der Waals surface area contributed by atoms with Crippen molar-refractivity contribution in [1.82, 2.24) is 5.32 Å². The number of aliphatic hydroxyl groups excluding tert-OH is 7. The topological polar surface area (TPSA) is 189 Å². The van der Waals surface area contributed by atoms with Gasteiger partial charge in [-0.2, -0.15) is 0 Å². The summed E-state index contributed by atoms with van der Waals surface area (Å²) in [6, 6.07) is -1.17. The third kappa shape index (κ3) is 57.6. The second-order valence-corrected chi connectivity index (χ2v) is 29.9. The van der Waals surface area contributed by atoms with Gasteiger partial charge in [-0.25, -0.2) is 0 Å². The lowest BCUT2D eigenvalue weighted by Crippen LogP contribution is -2.60. The van der Waals surface area contributed by atoms with Crippen LogP contribution in [0.2, 0.25) is 0 Å². The number of allylic oxidation sites excluding steroid dienone is 2. The van der Waals surface area contributed by atoms with Gasteiger partial charge in [0.25, 0.3) is 0 Å². The van der Waals surface area contributed by atoms with Crippen molar-refractivity contribution in [1.29, 1.82) is 0 Å². The number of carbonyl (C=O) groups is 1. The van der Waals surface area contributed by atoms with Crippen LogP contribution in [0, 0.1) is 0 Å². The highest BCUT2D eigenvalue weighted by Crippen LogP contribution is 2.25. The molecule has 0 aromatic heterocycles. The predicted molar refractivity (Wildman–Crippen MR) is 399 cm³/mol. The number of nitrogens with one attached hydrogen (secondary N) is 1. The van der Waals surface area contributed by atoms with Gasteiger partial charge in [0, 0.05) is 0 Å². The molecule has 0 aromatic carbocycles. The third-order valence-corrected chi connectivity index (χ3v) is 20.8. The summed E-state index contributed by atoms with van der Waals surface area (Å²) in [5.74, 6) is -0.686. The number of rotatable bonds is 76. The van der Waals surface area contributed by atoms with E-state index in [1.807, 2.05) is 0 Å². The Kier molecular flexibility index (Phi) is 69.3. The van der Waals surface area contributed by atoms with Gasteiger partial charge in [-0.05, 0) is 38.5 Å². The van der Waals surface area contributed by atoms with E-state index in [0.29, 0.717) is 19.3 Å². The first-order chi connectivity index (χ1) is 46.2. The van der Waals surface area contributed by atoms with Crippen LogP contribution in [0.15, 0.2) is 12.2 Å². The lowest BCUT2D eigenvalue weighted by atomic mass is 9.98. The Morgan fingerprint density at radius 1 is 0.362 bits per heavy atom. The van der Waals surface area contributed by atoms with Crippen LogP contribution in [-0.2, 0) is 14.3 Å². The summed E-state index contributed by atoms with van der Waals surface area (Å²) in [5, 5.41) is 76.8. The predicted octanol–water partition coefficient (Wildman–Crippen LogP) is 22.1. The molecule has 0 spiro atoms. The van der Waals surface area contributed by atoms with Crippen molar-refractivity contribution in [2.75, 3.05) is 13.2 Å². The minimum atomic E-state index is -1.66. The molecule has 0 bridgehead atoms. The molecule has 560 valence electrons. The first-order valence-electron chi connectivity index (χ1n) is 42.1. The third-order valence-electron chi connectivity index (χ3n) is 20.8. The van der Waals surface area contributed by atoms with Crippen LogP contribution in [0.4, 0.5) is 0 Å². The normalized spacial score (nSPS) is 18.2. The van der Waals surface area contributed by atoms with E-state index in [4.69, 9.17) is 9.47 Å². The number of hydrogen-bond donors (Lipinski definition) is 8. The molecule has 1 aliphatic heterocycles. The van der Waals surface area contributed by atoms with Crippen molar-refractivity contribution in [2.45, 2.75) is 499 Å². The molecule has 1 fully saturated rings. The zero-order chi connectivity index (χ0) is 68.1. The molecule has 94 heavy (non-hydrogen) atoms. The van der Waals surface area contributed by atoms with Crippen LogP contribution in [0.1, 0.15) is 444 Å². The quantitative estimate of drug-likeness (QED) is 0.0215. The van der Waals surface area contributed by atoms with Crippen LogP contribution < -0.4 is 5.32 Å². The molecule has 9 unspecified atom stereocenters. The Hall–Kier alpha value is -1.15. The van der Waals surface area contributed by atoms with Crippen LogP contribution in [0.3, 0.4) is 0 Å². The standard InChI is InChI=1S/C83H163NO10/c1-3-5-7-9-11-13-15-17-19-21-23-25-27-29-31-33-35-36-37-38-39-41-43-45-47-49-51-53-55-57-59-61-63-65-67-69-71-76(87)82(92)84-74(73-93-83-81(91)80(90)79(89)77(72-85)94-83)78(88)75(86)70-68-66-64-62-60-58-56-54-52-50-48-46-44-42-40-34-32-30-28-26-24-22-20-18-16-14-12-10-8-6-4-2/h36-37,74-81,83,85-91H,3-35,38-73H2,1-2H3,(H,84,92)/b37-36-. The molecule has 1 aliphatic rings. The van der Waals surface area contributed by atoms with Crippen LogP contribution >= 0.6 is 0 Å². The summed E-state index contributed by atoms with van der Waals surface area (Å²) in [5.41, 5.74) is 0. The Bertz CT molecular complexity index is 1540. The SMILES string of the molecule is CCCCCCCCCCCCCCCCCC/C=C\CCCCCCCCCCCCCCCCCCC(O)C(=O)NC(COC1OC(CO)C(O)C(O)C1O)C(O)C(O)CCCCCCCCCCCCCCCCCCCCCCCCCCCCCCCCC. The maximum Gasteiger partial charge on any atom is 0.249 e. The Morgan fingerprint density at radius 3 is 0.894 bits per heavy atom. The summed E-state index contributed by atoms with van der Waals surface area (Å²) < 4.78 is 11.2. The van der Waals surface area contributed by atoms with E-state index in [1.54, 1.807) is 0 Å². The minimum Gasteiger partial charge on any atom is -0.394 e. The maximum atomic E-state index is 13.3. The smallest absolute Gasteiger partial charge is 0.249 e. The Labute approximate surface area is 582 Å². The number of amides is 1. The van der Waals surface area contributed by atoms with E-state index in [0.717, 1.165) is 38.5 Å². The van der Waals surface area contributed by atoms with Crippen LogP contribution in [0.25, 0.3) is 0 Å². The molecule has 0 aliphatic carbocycles. The largest absolute Gasteiger partial charge is 0.394 e. The molecule has 1 amide bonds. The molecule has 1 saturated heterocycles. The highest BCUT2D eigenvalue weighted by Gasteiger charge is 2.44. The van der Waals surface area contributed by atoms with Gasteiger partial charge < -0.3 is 50.5 Å². The van der Waals surface area contributed by atoms with Crippen molar-refractivity contribution in [3.63, 3.8) is 0 Å². The molecule has 11 nitrogen and oxygen atoms in total. The number of carbonyl (C=O) groups excluding carboxylic acids is 1. The fourth-order valence-electron chi connectivity index (χ4n) is 14.2. The first kappa shape index (κ1) is 90.9. The van der Waals surface area contributed by atoms with Gasteiger partial charge in [0.15, 0.2) is 6.29 Å². The molecule has 0 radical (unpaired) electrons. The van der Waals surface area contributed by atoms with Gasteiger partial charge in [-0.15, -0.1) is 0 Å². The summed E-state index contributed by atoms with van der Waals surface area (Å²) in [6.45, 7) is 3.54. The lowest BCUT2D eigenvalue weighted by Gasteiger charge is -2.40. The second kappa shape index (κ2) is 71.7.